The van der Waals surface area contributed by atoms with Gasteiger partial charge in [0.05, 0.1) is 13.2 Å². The predicted molar refractivity (Wildman–Crippen MR) is 59.7 cm³/mol. The second-order valence-electron chi connectivity index (χ2n) is 3.73. The lowest BCUT2D eigenvalue weighted by atomic mass is 10.2. The maximum Gasteiger partial charge on any atom is 0.325 e. The summed E-state index contributed by atoms with van der Waals surface area (Å²) in [5, 5.41) is 12.4. The Kier molecular flexibility index (Phi) is 4.52. The Morgan fingerprint density at radius 2 is 2.38 bits per heavy atom. The molecule has 0 aliphatic carbocycles. The van der Waals surface area contributed by atoms with E-state index < -0.39 is 18.1 Å². The molecule has 5 nitrogen and oxygen atoms in total. The Morgan fingerprint density at radius 1 is 1.69 bits per heavy atom. The number of carbonyl (C=O) groups is 1. The molecule has 90 valence electrons. The molecule has 0 fully saturated rings. The smallest absolute Gasteiger partial charge is 0.325 e. The van der Waals surface area contributed by atoms with E-state index in [1.54, 1.807) is 6.92 Å². The number of hydrogen-bond acceptors (Lipinski definition) is 4. The minimum Gasteiger partial charge on any atom is -0.468 e. The number of rotatable bonds is 5. The van der Waals surface area contributed by atoms with E-state index in [9.17, 15) is 9.90 Å². The van der Waals surface area contributed by atoms with Gasteiger partial charge < -0.3 is 14.4 Å². The minimum absolute atomic E-state index is 0.454. The average Bonchev–Trinajstić information content (AvgIpc) is 2.64. The van der Waals surface area contributed by atoms with E-state index in [1.165, 1.54) is 7.11 Å². The van der Waals surface area contributed by atoms with Gasteiger partial charge in [-0.1, -0.05) is 0 Å². The highest BCUT2D eigenvalue weighted by Crippen LogP contribution is 2.02. The van der Waals surface area contributed by atoms with E-state index in [0.29, 0.717) is 6.54 Å². The zero-order valence-corrected chi connectivity index (χ0v) is 9.80. The molecule has 1 rings (SSSR count). The van der Waals surface area contributed by atoms with E-state index in [4.69, 9.17) is 0 Å². The molecule has 0 saturated carbocycles. The first kappa shape index (κ1) is 12.7. The summed E-state index contributed by atoms with van der Waals surface area (Å²) in [6.45, 7) is 2.06. The number of methoxy groups -OCH3 is 1. The summed E-state index contributed by atoms with van der Waals surface area (Å²) in [7, 11) is 3.23. The van der Waals surface area contributed by atoms with Gasteiger partial charge in [-0.3, -0.25) is 10.1 Å². The van der Waals surface area contributed by atoms with E-state index in [1.807, 2.05) is 29.9 Å². The molecule has 0 bridgehead atoms. The number of nitrogens with zero attached hydrogens (tertiary/aromatic N) is 1. The molecule has 5 heteroatoms. The third-order valence-electron chi connectivity index (χ3n) is 2.49. The first-order valence-electron chi connectivity index (χ1n) is 5.15. The van der Waals surface area contributed by atoms with Gasteiger partial charge in [0.25, 0.3) is 0 Å². The minimum atomic E-state index is -0.785. The van der Waals surface area contributed by atoms with Crippen molar-refractivity contribution in [3.63, 3.8) is 0 Å². The fraction of sp³-hybridized carbons (Fsp3) is 0.545. The summed E-state index contributed by atoms with van der Waals surface area (Å²) in [6.07, 6.45) is 1.14. The number of aliphatic hydroxyl groups excluding tert-OH is 1. The standard InChI is InChI=1S/C11H18N2O3/c1-8(14)10(11(15)16-3)12-7-9-5-4-6-13(9)2/h4-6,8,10,12,14H,7H2,1-3H3/t8-,10-/m0/s1. The number of aliphatic hydroxyl groups is 1. The Labute approximate surface area is 95.0 Å². The zero-order chi connectivity index (χ0) is 12.1. The van der Waals surface area contributed by atoms with Crippen LogP contribution in [0.1, 0.15) is 12.6 Å². The number of aryl methyl sites for hydroxylation is 1. The highest BCUT2D eigenvalue weighted by atomic mass is 16.5. The van der Waals surface area contributed by atoms with Crippen molar-refractivity contribution in [2.75, 3.05) is 7.11 Å². The topological polar surface area (TPSA) is 63.5 Å². The lowest BCUT2D eigenvalue weighted by Gasteiger charge is -2.19. The second-order valence-corrected chi connectivity index (χ2v) is 3.73. The van der Waals surface area contributed by atoms with Gasteiger partial charge in [-0.05, 0) is 19.1 Å². The number of ether oxygens (including phenoxy) is 1. The van der Waals surface area contributed by atoms with E-state index in [-0.39, 0.29) is 0 Å². The fourth-order valence-corrected chi connectivity index (χ4v) is 1.47. The summed E-state index contributed by atoms with van der Waals surface area (Å²) in [6, 6.07) is 3.18. The molecule has 1 heterocycles. The van der Waals surface area contributed by atoms with E-state index in [0.717, 1.165) is 5.69 Å². The highest BCUT2D eigenvalue weighted by Gasteiger charge is 2.23. The summed E-state index contributed by atoms with van der Waals surface area (Å²) in [4.78, 5) is 11.3. The molecule has 0 aliphatic rings. The van der Waals surface area contributed by atoms with Crippen molar-refractivity contribution >= 4 is 5.97 Å². The molecule has 2 atom stereocenters. The summed E-state index contributed by atoms with van der Waals surface area (Å²) in [5.74, 6) is -0.454. The Hall–Kier alpha value is -1.33. The molecular formula is C11H18N2O3. The maximum absolute atomic E-state index is 11.3. The zero-order valence-electron chi connectivity index (χ0n) is 9.80. The highest BCUT2D eigenvalue weighted by molar-refractivity contribution is 5.76. The van der Waals surface area contributed by atoms with Crippen LogP contribution in [0.25, 0.3) is 0 Å². The molecule has 0 aromatic carbocycles. The largest absolute Gasteiger partial charge is 0.468 e. The lowest BCUT2D eigenvalue weighted by molar-refractivity contribution is -0.145. The van der Waals surface area contributed by atoms with Crippen LogP contribution in [0.5, 0.6) is 0 Å². The summed E-state index contributed by atoms with van der Waals surface area (Å²) >= 11 is 0. The van der Waals surface area contributed by atoms with Crippen LogP contribution in [0.2, 0.25) is 0 Å². The van der Waals surface area contributed by atoms with Gasteiger partial charge in [-0.15, -0.1) is 0 Å². The predicted octanol–water partition coefficient (Wildman–Crippen LogP) is 0.0371. The lowest BCUT2D eigenvalue weighted by Crippen LogP contribution is -2.45. The van der Waals surface area contributed by atoms with Crippen LogP contribution in [0.15, 0.2) is 18.3 Å². The molecule has 0 spiro atoms. The fourth-order valence-electron chi connectivity index (χ4n) is 1.47. The van der Waals surface area contributed by atoms with Crippen LogP contribution >= 0.6 is 0 Å². The number of carbonyl (C=O) groups excluding carboxylic acids is 1. The maximum atomic E-state index is 11.3. The molecule has 0 saturated heterocycles. The summed E-state index contributed by atoms with van der Waals surface area (Å²) in [5.41, 5.74) is 1.04. The first-order valence-corrected chi connectivity index (χ1v) is 5.15. The average molecular weight is 226 g/mol. The van der Waals surface area contributed by atoms with Gasteiger partial charge in [0.15, 0.2) is 0 Å². The van der Waals surface area contributed by atoms with Crippen molar-refractivity contribution < 1.29 is 14.6 Å². The molecule has 0 unspecified atom stereocenters. The van der Waals surface area contributed by atoms with Crippen molar-refractivity contribution in [3.8, 4) is 0 Å². The Bertz CT molecular complexity index is 347. The van der Waals surface area contributed by atoms with Gasteiger partial charge in [0.2, 0.25) is 0 Å². The molecule has 1 aromatic heterocycles. The van der Waals surface area contributed by atoms with Crippen molar-refractivity contribution in [1.82, 2.24) is 9.88 Å². The van der Waals surface area contributed by atoms with Gasteiger partial charge in [0.1, 0.15) is 6.04 Å². The van der Waals surface area contributed by atoms with Crippen molar-refractivity contribution in [3.05, 3.63) is 24.0 Å². The molecular weight excluding hydrogens is 208 g/mol. The van der Waals surface area contributed by atoms with Crippen molar-refractivity contribution in [2.45, 2.75) is 25.6 Å². The van der Waals surface area contributed by atoms with E-state index in [2.05, 4.69) is 10.1 Å². The number of hydrogen-bond donors (Lipinski definition) is 2. The number of nitrogens with one attached hydrogen (secondary N) is 1. The second kappa shape index (κ2) is 5.67. The molecule has 16 heavy (non-hydrogen) atoms. The summed E-state index contributed by atoms with van der Waals surface area (Å²) < 4.78 is 6.55. The molecule has 0 radical (unpaired) electrons. The van der Waals surface area contributed by atoms with Gasteiger partial charge >= 0.3 is 5.97 Å². The van der Waals surface area contributed by atoms with Crippen LogP contribution in [-0.2, 0) is 23.1 Å². The normalized spacial score (nSPS) is 14.5. The van der Waals surface area contributed by atoms with Crippen LogP contribution in [0, 0.1) is 0 Å². The SMILES string of the molecule is COC(=O)[C@@H](NCc1cccn1C)[C@H](C)O. The quantitative estimate of drug-likeness (QED) is 0.696. The molecule has 1 aromatic rings. The van der Waals surface area contributed by atoms with Crippen molar-refractivity contribution in [2.24, 2.45) is 7.05 Å². The first-order chi connectivity index (χ1) is 7.56. The Balaban J connectivity index is 2.57. The van der Waals surface area contributed by atoms with Crippen LogP contribution in [0.3, 0.4) is 0 Å². The van der Waals surface area contributed by atoms with Crippen LogP contribution < -0.4 is 5.32 Å². The molecule has 0 amide bonds. The van der Waals surface area contributed by atoms with Gasteiger partial charge in [0, 0.05) is 25.5 Å². The molecule has 2 N–H and O–H groups in total. The van der Waals surface area contributed by atoms with Gasteiger partial charge in [-0.2, -0.15) is 0 Å². The molecule has 0 aliphatic heterocycles. The van der Waals surface area contributed by atoms with Gasteiger partial charge in [-0.25, -0.2) is 0 Å². The van der Waals surface area contributed by atoms with E-state index >= 15 is 0 Å². The number of esters is 1. The van der Waals surface area contributed by atoms with Crippen molar-refractivity contribution in [1.29, 1.82) is 0 Å². The Morgan fingerprint density at radius 3 is 2.81 bits per heavy atom. The van der Waals surface area contributed by atoms with Crippen LogP contribution in [-0.4, -0.2) is 34.9 Å². The third-order valence-corrected chi connectivity index (χ3v) is 2.49. The monoisotopic (exact) mass is 226 g/mol. The number of aromatic nitrogens is 1. The van der Waals surface area contributed by atoms with Crippen LogP contribution in [0.4, 0.5) is 0 Å². The third kappa shape index (κ3) is 3.08.